The molecule has 0 saturated carbocycles. The number of ether oxygens (including phenoxy) is 2. The fourth-order valence-electron chi connectivity index (χ4n) is 4.39. The van der Waals surface area contributed by atoms with E-state index in [-0.39, 0.29) is 11.9 Å². The van der Waals surface area contributed by atoms with Gasteiger partial charge in [0.2, 0.25) is 5.91 Å². The van der Waals surface area contributed by atoms with E-state index in [2.05, 4.69) is 17.0 Å². The molecule has 31 heavy (non-hydrogen) atoms. The van der Waals surface area contributed by atoms with Crippen molar-refractivity contribution in [1.82, 2.24) is 4.90 Å². The molecule has 0 aliphatic carbocycles. The van der Waals surface area contributed by atoms with E-state index in [4.69, 9.17) is 14.7 Å². The van der Waals surface area contributed by atoms with Crippen molar-refractivity contribution >= 4 is 11.6 Å². The maximum atomic E-state index is 13.4. The summed E-state index contributed by atoms with van der Waals surface area (Å²) in [7, 11) is 3.30. The lowest BCUT2D eigenvalue weighted by molar-refractivity contribution is -0.120. The number of methoxy groups -OCH3 is 2. The number of aryl methyl sites for hydroxylation is 2. The van der Waals surface area contributed by atoms with Gasteiger partial charge in [-0.05, 0) is 62.6 Å². The van der Waals surface area contributed by atoms with Gasteiger partial charge in [0.05, 0.1) is 33.3 Å². The zero-order valence-electron chi connectivity index (χ0n) is 18.9. The quantitative estimate of drug-likeness (QED) is 0.632. The number of amides is 1. The minimum Gasteiger partial charge on any atom is -0.497 e. The first kappa shape index (κ1) is 22.6. The molecular formula is C25H31N3O3. The third-order valence-corrected chi connectivity index (χ3v) is 5.77. The van der Waals surface area contributed by atoms with Crippen LogP contribution in [0.15, 0.2) is 36.4 Å². The topological polar surface area (TPSA) is 65.8 Å². The number of nitrogens with zero attached hydrogens (tertiary/aromatic N) is 3. The van der Waals surface area contributed by atoms with Crippen molar-refractivity contribution in [3.05, 3.63) is 53.1 Å². The normalized spacial score (nSPS) is 16.0. The van der Waals surface area contributed by atoms with E-state index in [0.717, 1.165) is 53.3 Å². The van der Waals surface area contributed by atoms with E-state index < -0.39 is 0 Å². The van der Waals surface area contributed by atoms with Gasteiger partial charge in [-0.1, -0.05) is 12.1 Å². The Labute approximate surface area is 185 Å². The Morgan fingerprint density at radius 2 is 1.90 bits per heavy atom. The van der Waals surface area contributed by atoms with Crippen molar-refractivity contribution in [2.75, 3.05) is 38.8 Å². The monoisotopic (exact) mass is 421 g/mol. The van der Waals surface area contributed by atoms with Gasteiger partial charge in [0.25, 0.3) is 0 Å². The van der Waals surface area contributed by atoms with Crippen LogP contribution in [0.25, 0.3) is 0 Å². The highest BCUT2D eigenvalue weighted by Crippen LogP contribution is 2.38. The Balaban J connectivity index is 1.83. The highest BCUT2D eigenvalue weighted by Gasteiger charge is 2.31. The summed E-state index contributed by atoms with van der Waals surface area (Å²) in [6.45, 7) is 5.59. The number of anilines is 1. The summed E-state index contributed by atoms with van der Waals surface area (Å²) in [5, 5.41) is 9.11. The lowest BCUT2D eigenvalue weighted by atomic mass is 10.0. The molecule has 3 rings (SSSR count). The predicted molar refractivity (Wildman–Crippen MR) is 122 cm³/mol. The van der Waals surface area contributed by atoms with Crippen molar-refractivity contribution in [2.45, 2.75) is 39.2 Å². The fraction of sp³-hybridized carbons (Fsp3) is 0.440. The number of carbonyl (C=O) groups excluding carboxylic acids is 1. The van der Waals surface area contributed by atoms with Crippen LogP contribution >= 0.6 is 0 Å². The van der Waals surface area contributed by atoms with E-state index in [1.54, 1.807) is 19.1 Å². The van der Waals surface area contributed by atoms with Crippen molar-refractivity contribution < 1.29 is 14.3 Å². The van der Waals surface area contributed by atoms with Crippen LogP contribution in [0.1, 0.15) is 42.0 Å². The molecule has 6 nitrogen and oxygen atoms in total. The van der Waals surface area contributed by atoms with Crippen LogP contribution in [0.3, 0.4) is 0 Å². The highest BCUT2D eigenvalue weighted by atomic mass is 16.5. The van der Waals surface area contributed by atoms with E-state index in [0.29, 0.717) is 19.5 Å². The number of rotatable bonds is 8. The van der Waals surface area contributed by atoms with Gasteiger partial charge >= 0.3 is 0 Å². The molecule has 0 spiro atoms. The van der Waals surface area contributed by atoms with Crippen molar-refractivity contribution in [3.8, 4) is 17.6 Å². The van der Waals surface area contributed by atoms with Gasteiger partial charge in [0.15, 0.2) is 0 Å². The maximum Gasteiger partial charge on any atom is 0.241 e. The summed E-state index contributed by atoms with van der Waals surface area (Å²) in [5.74, 6) is 1.54. The Bertz CT molecular complexity index is 947. The zero-order valence-corrected chi connectivity index (χ0v) is 18.9. The first-order valence-electron chi connectivity index (χ1n) is 10.7. The van der Waals surface area contributed by atoms with Crippen LogP contribution in [0, 0.1) is 25.2 Å². The van der Waals surface area contributed by atoms with E-state index >= 15 is 0 Å². The summed E-state index contributed by atoms with van der Waals surface area (Å²) in [4.78, 5) is 17.4. The van der Waals surface area contributed by atoms with Crippen LogP contribution in [-0.2, 0) is 4.79 Å². The first-order valence-corrected chi connectivity index (χ1v) is 10.7. The molecule has 2 aromatic rings. The van der Waals surface area contributed by atoms with E-state index in [1.807, 2.05) is 44.2 Å². The molecule has 1 atom stereocenters. The Kier molecular flexibility index (Phi) is 7.54. The van der Waals surface area contributed by atoms with Gasteiger partial charge in [-0.25, -0.2) is 0 Å². The van der Waals surface area contributed by atoms with Crippen molar-refractivity contribution in [1.29, 1.82) is 5.26 Å². The Morgan fingerprint density at radius 3 is 2.55 bits per heavy atom. The van der Waals surface area contributed by atoms with Crippen LogP contribution in [0.4, 0.5) is 5.69 Å². The van der Waals surface area contributed by atoms with Gasteiger partial charge in [-0.15, -0.1) is 0 Å². The second kappa shape index (κ2) is 10.3. The van der Waals surface area contributed by atoms with Gasteiger partial charge in [-0.2, -0.15) is 5.26 Å². The van der Waals surface area contributed by atoms with Crippen LogP contribution in [-0.4, -0.2) is 44.7 Å². The highest BCUT2D eigenvalue weighted by molar-refractivity contribution is 5.95. The molecular weight excluding hydrogens is 390 g/mol. The van der Waals surface area contributed by atoms with Crippen LogP contribution in [0.2, 0.25) is 0 Å². The molecule has 2 aromatic carbocycles. The maximum absolute atomic E-state index is 13.4. The number of hydrogen-bond acceptors (Lipinski definition) is 5. The molecule has 0 aromatic heterocycles. The number of benzene rings is 2. The first-order chi connectivity index (χ1) is 15.0. The lowest BCUT2D eigenvalue weighted by Crippen LogP contribution is -2.41. The number of likely N-dealkylation sites (tertiary alicyclic amines) is 1. The molecule has 1 saturated heterocycles. The van der Waals surface area contributed by atoms with Gasteiger partial charge in [-0.3, -0.25) is 9.69 Å². The fourth-order valence-corrected chi connectivity index (χ4v) is 4.39. The van der Waals surface area contributed by atoms with Crippen LogP contribution < -0.4 is 14.4 Å². The average molecular weight is 422 g/mol. The zero-order chi connectivity index (χ0) is 22.4. The number of carbonyl (C=O) groups is 1. The molecule has 0 N–H and O–H groups in total. The van der Waals surface area contributed by atoms with Crippen LogP contribution in [0.5, 0.6) is 11.5 Å². The third-order valence-electron chi connectivity index (χ3n) is 5.77. The second-order valence-corrected chi connectivity index (χ2v) is 8.04. The molecule has 1 aliphatic rings. The minimum absolute atomic E-state index is 0.0135. The molecule has 164 valence electrons. The summed E-state index contributed by atoms with van der Waals surface area (Å²) in [6.07, 6.45) is 2.29. The molecule has 6 heteroatoms. The third kappa shape index (κ3) is 5.36. The average Bonchev–Trinajstić information content (AvgIpc) is 3.20. The Hall–Kier alpha value is -3.04. The lowest BCUT2D eigenvalue weighted by Gasteiger charge is -2.29. The van der Waals surface area contributed by atoms with E-state index in [1.165, 1.54) is 0 Å². The minimum atomic E-state index is 0.0135. The molecule has 1 aliphatic heterocycles. The van der Waals surface area contributed by atoms with Gasteiger partial charge in [0, 0.05) is 29.9 Å². The van der Waals surface area contributed by atoms with Gasteiger partial charge < -0.3 is 14.4 Å². The SMILES string of the molecule is COc1ccc(C2CCCN2CC(=O)N(CCC#N)c2cc(C)cc(C)c2)c(OC)c1. The van der Waals surface area contributed by atoms with Gasteiger partial charge in [0.1, 0.15) is 11.5 Å². The largest absolute Gasteiger partial charge is 0.497 e. The molecule has 1 amide bonds. The molecule has 1 unspecified atom stereocenters. The Morgan fingerprint density at radius 1 is 1.16 bits per heavy atom. The molecule has 0 radical (unpaired) electrons. The summed E-state index contributed by atoms with van der Waals surface area (Å²) in [6, 6.07) is 14.2. The molecule has 1 heterocycles. The standard InChI is InChI=1S/C25H31N3O3/c1-18-13-19(2)15-20(14-18)28(12-6-10-26)25(29)17-27-11-5-7-23(27)22-9-8-21(30-3)16-24(22)31-4/h8-9,13-16,23H,5-7,11-12,17H2,1-4H3. The summed E-state index contributed by atoms with van der Waals surface area (Å²) < 4.78 is 10.9. The van der Waals surface area contributed by atoms with Crippen molar-refractivity contribution in [2.24, 2.45) is 0 Å². The summed E-state index contributed by atoms with van der Waals surface area (Å²) in [5.41, 5.74) is 4.14. The summed E-state index contributed by atoms with van der Waals surface area (Å²) >= 11 is 0. The second-order valence-electron chi connectivity index (χ2n) is 8.04. The molecule has 1 fully saturated rings. The van der Waals surface area contributed by atoms with Crippen molar-refractivity contribution in [3.63, 3.8) is 0 Å². The molecule has 0 bridgehead atoms. The number of hydrogen-bond donors (Lipinski definition) is 0. The smallest absolute Gasteiger partial charge is 0.241 e. The van der Waals surface area contributed by atoms with E-state index in [9.17, 15) is 4.79 Å². The number of nitriles is 1. The predicted octanol–water partition coefficient (Wildman–Crippen LogP) is 4.40.